The molecule has 1 heteroatoms. The van der Waals surface area contributed by atoms with Crippen molar-refractivity contribution in [3.63, 3.8) is 0 Å². The molecule has 0 amide bonds. The zero-order valence-electron chi connectivity index (χ0n) is 9.09. The van der Waals surface area contributed by atoms with E-state index in [-0.39, 0.29) is 6.10 Å². The van der Waals surface area contributed by atoms with Gasteiger partial charge in [-0.05, 0) is 32.3 Å². The maximum atomic E-state index is 9.17. The van der Waals surface area contributed by atoms with Crippen LogP contribution >= 0.6 is 0 Å². The van der Waals surface area contributed by atoms with E-state index in [1.807, 2.05) is 6.92 Å². The topological polar surface area (TPSA) is 20.2 Å². The number of aliphatic hydroxyl groups is 1. The van der Waals surface area contributed by atoms with Gasteiger partial charge in [-0.1, -0.05) is 38.0 Å². The molecule has 0 fully saturated rings. The van der Waals surface area contributed by atoms with Gasteiger partial charge >= 0.3 is 0 Å². The van der Waals surface area contributed by atoms with Crippen LogP contribution in [-0.4, -0.2) is 11.2 Å². The van der Waals surface area contributed by atoms with E-state index < -0.39 is 0 Å². The standard InChI is InChI=1S/C12H22O/c1-4-5-6-7-8-9-10-11(2)12(3)13/h7-8,10,12-13H,4-6,9H2,1-3H3/b8-7+,11-10+. The molecule has 0 aromatic carbocycles. The normalized spacial score (nSPS) is 15.2. The van der Waals surface area contributed by atoms with Crippen molar-refractivity contribution in [2.45, 2.75) is 52.6 Å². The van der Waals surface area contributed by atoms with E-state index in [1.165, 1.54) is 19.3 Å². The molecule has 0 rings (SSSR count). The van der Waals surface area contributed by atoms with Crippen molar-refractivity contribution in [1.29, 1.82) is 0 Å². The molecule has 0 aliphatic carbocycles. The molecule has 76 valence electrons. The predicted molar refractivity (Wildman–Crippen MR) is 58.7 cm³/mol. The summed E-state index contributed by atoms with van der Waals surface area (Å²) in [5.41, 5.74) is 1.06. The summed E-state index contributed by atoms with van der Waals surface area (Å²) in [6.07, 6.45) is 10.8. The SMILES string of the molecule is CCCC/C=C/C/C=C(\C)C(C)O. The van der Waals surface area contributed by atoms with Crippen molar-refractivity contribution in [2.24, 2.45) is 0 Å². The van der Waals surface area contributed by atoms with Gasteiger partial charge in [-0.15, -0.1) is 0 Å². The largest absolute Gasteiger partial charge is 0.389 e. The second-order valence-electron chi connectivity index (χ2n) is 3.47. The third kappa shape index (κ3) is 7.79. The Labute approximate surface area is 82.2 Å². The second-order valence-corrected chi connectivity index (χ2v) is 3.47. The lowest BCUT2D eigenvalue weighted by Crippen LogP contribution is -2.00. The lowest BCUT2D eigenvalue weighted by molar-refractivity contribution is 0.231. The van der Waals surface area contributed by atoms with Crippen LogP contribution in [0.25, 0.3) is 0 Å². The summed E-state index contributed by atoms with van der Waals surface area (Å²) < 4.78 is 0. The van der Waals surface area contributed by atoms with Gasteiger partial charge in [0.05, 0.1) is 6.10 Å². The molecule has 0 bridgehead atoms. The van der Waals surface area contributed by atoms with Gasteiger partial charge in [0.2, 0.25) is 0 Å². The predicted octanol–water partition coefficient (Wildman–Crippen LogP) is 3.45. The van der Waals surface area contributed by atoms with Gasteiger partial charge in [-0.3, -0.25) is 0 Å². The molecule has 0 heterocycles. The van der Waals surface area contributed by atoms with Crippen molar-refractivity contribution in [3.05, 3.63) is 23.8 Å². The minimum absolute atomic E-state index is 0.302. The molecule has 1 N–H and O–H groups in total. The number of unbranched alkanes of at least 4 members (excludes halogenated alkanes) is 2. The van der Waals surface area contributed by atoms with Crippen LogP contribution in [0.1, 0.15) is 46.5 Å². The van der Waals surface area contributed by atoms with Crippen LogP contribution in [0.5, 0.6) is 0 Å². The Morgan fingerprint density at radius 1 is 1.38 bits per heavy atom. The lowest BCUT2D eigenvalue weighted by Gasteiger charge is -2.01. The van der Waals surface area contributed by atoms with Gasteiger partial charge in [0, 0.05) is 0 Å². The van der Waals surface area contributed by atoms with E-state index in [1.54, 1.807) is 6.92 Å². The molecule has 1 atom stereocenters. The van der Waals surface area contributed by atoms with E-state index in [2.05, 4.69) is 25.2 Å². The number of hydrogen-bond donors (Lipinski definition) is 1. The summed E-state index contributed by atoms with van der Waals surface area (Å²) in [7, 11) is 0. The first-order valence-corrected chi connectivity index (χ1v) is 5.18. The van der Waals surface area contributed by atoms with Crippen LogP contribution in [0.4, 0.5) is 0 Å². The molecular formula is C12H22O. The molecule has 0 spiro atoms. The Bertz CT molecular complexity index is 166. The Balaban J connectivity index is 3.53. The number of rotatable bonds is 6. The Morgan fingerprint density at radius 3 is 2.62 bits per heavy atom. The number of hydrogen-bond acceptors (Lipinski definition) is 1. The van der Waals surface area contributed by atoms with Gasteiger partial charge in [0.25, 0.3) is 0 Å². The molecule has 0 saturated carbocycles. The Hall–Kier alpha value is -0.560. The van der Waals surface area contributed by atoms with Crippen molar-refractivity contribution >= 4 is 0 Å². The summed E-state index contributed by atoms with van der Waals surface area (Å²) in [6.45, 7) is 5.96. The minimum atomic E-state index is -0.302. The third-order valence-electron chi connectivity index (χ3n) is 2.13. The molecular weight excluding hydrogens is 160 g/mol. The van der Waals surface area contributed by atoms with Gasteiger partial charge in [-0.25, -0.2) is 0 Å². The first-order chi connectivity index (χ1) is 6.18. The van der Waals surface area contributed by atoms with E-state index >= 15 is 0 Å². The van der Waals surface area contributed by atoms with Crippen molar-refractivity contribution in [2.75, 3.05) is 0 Å². The van der Waals surface area contributed by atoms with Gasteiger partial charge in [-0.2, -0.15) is 0 Å². The minimum Gasteiger partial charge on any atom is -0.389 e. The Kier molecular flexibility index (Phi) is 7.71. The monoisotopic (exact) mass is 182 g/mol. The zero-order valence-corrected chi connectivity index (χ0v) is 9.09. The van der Waals surface area contributed by atoms with Crippen LogP contribution in [0.3, 0.4) is 0 Å². The summed E-state index contributed by atoms with van der Waals surface area (Å²) in [5.74, 6) is 0. The highest BCUT2D eigenvalue weighted by molar-refractivity contribution is 5.05. The summed E-state index contributed by atoms with van der Waals surface area (Å²) in [4.78, 5) is 0. The van der Waals surface area contributed by atoms with E-state index in [0.717, 1.165) is 12.0 Å². The van der Waals surface area contributed by atoms with Crippen molar-refractivity contribution in [1.82, 2.24) is 0 Å². The van der Waals surface area contributed by atoms with E-state index in [0.29, 0.717) is 0 Å². The average Bonchev–Trinajstić information content (AvgIpc) is 2.10. The fourth-order valence-electron chi connectivity index (χ4n) is 0.961. The van der Waals surface area contributed by atoms with Crippen molar-refractivity contribution < 1.29 is 5.11 Å². The second kappa shape index (κ2) is 8.06. The highest BCUT2D eigenvalue weighted by Gasteiger charge is 1.94. The highest BCUT2D eigenvalue weighted by Crippen LogP contribution is 2.03. The van der Waals surface area contributed by atoms with Crippen LogP contribution in [0.2, 0.25) is 0 Å². The first-order valence-electron chi connectivity index (χ1n) is 5.18. The summed E-state index contributed by atoms with van der Waals surface area (Å²) in [5, 5.41) is 9.17. The average molecular weight is 182 g/mol. The number of aliphatic hydroxyl groups excluding tert-OH is 1. The molecule has 0 aliphatic heterocycles. The lowest BCUT2D eigenvalue weighted by atomic mass is 10.1. The molecule has 0 radical (unpaired) electrons. The maximum Gasteiger partial charge on any atom is 0.0719 e. The molecule has 0 saturated heterocycles. The first kappa shape index (κ1) is 12.4. The van der Waals surface area contributed by atoms with Gasteiger partial charge in [0.15, 0.2) is 0 Å². The molecule has 1 nitrogen and oxygen atoms in total. The van der Waals surface area contributed by atoms with Crippen LogP contribution in [0.15, 0.2) is 23.8 Å². The van der Waals surface area contributed by atoms with Crippen LogP contribution < -0.4 is 0 Å². The summed E-state index contributed by atoms with van der Waals surface area (Å²) >= 11 is 0. The van der Waals surface area contributed by atoms with Crippen LogP contribution in [0, 0.1) is 0 Å². The molecule has 0 aliphatic rings. The van der Waals surface area contributed by atoms with Gasteiger partial charge in [0.1, 0.15) is 0 Å². The van der Waals surface area contributed by atoms with Crippen LogP contribution in [-0.2, 0) is 0 Å². The molecule has 1 unspecified atom stereocenters. The Morgan fingerprint density at radius 2 is 2.08 bits per heavy atom. The zero-order chi connectivity index (χ0) is 10.1. The molecule has 0 aromatic heterocycles. The fraction of sp³-hybridized carbons (Fsp3) is 0.667. The molecule has 13 heavy (non-hydrogen) atoms. The smallest absolute Gasteiger partial charge is 0.0719 e. The maximum absolute atomic E-state index is 9.17. The fourth-order valence-corrected chi connectivity index (χ4v) is 0.961. The van der Waals surface area contributed by atoms with E-state index in [4.69, 9.17) is 5.11 Å². The summed E-state index contributed by atoms with van der Waals surface area (Å²) in [6, 6.07) is 0. The van der Waals surface area contributed by atoms with Gasteiger partial charge < -0.3 is 5.11 Å². The third-order valence-corrected chi connectivity index (χ3v) is 2.13. The van der Waals surface area contributed by atoms with Crippen molar-refractivity contribution in [3.8, 4) is 0 Å². The quantitative estimate of drug-likeness (QED) is 0.493. The van der Waals surface area contributed by atoms with E-state index in [9.17, 15) is 0 Å². The molecule has 0 aromatic rings. The highest BCUT2D eigenvalue weighted by atomic mass is 16.3. The number of allylic oxidation sites excluding steroid dienone is 3.